The molecule has 0 aliphatic carbocycles. The largest absolute Gasteiger partial charge is 0.396 e. The Morgan fingerprint density at radius 2 is 1.50 bits per heavy atom. The van der Waals surface area contributed by atoms with Crippen LogP contribution < -0.4 is 5.32 Å². The summed E-state index contributed by atoms with van der Waals surface area (Å²) in [5.41, 5.74) is 2.27. The molecule has 2 rings (SSSR count). The molecule has 0 radical (unpaired) electrons. The maximum Gasteiger partial charge on any atom is 0.0561 e. The minimum Gasteiger partial charge on any atom is -0.396 e. The lowest BCUT2D eigenvalue weighted by atomic mass is 9.95. The Bertz CT molecular complexity index is 455. The molecule has 18 heavy (non-hydrogen) atoms. The average Bonchev–Trinajstić information content (AvgIpc) is 2.46. The molecule has 2 atom stereocenters. The molecule has 0 aliphatic rings. The van der Waals surface area contributed by atoms with Gasteiger partial charge in [-0.05, 0) is 17.7 Å². The van der Waals surface area contributed by atoms with Crippen LogP contribution in [0.4, 0.5) is 5.69 Å². The molecule has 2 unspecified atom stereocenters. The highest BCUT2D eigenvalue weighted by molar-refractivity contribution is 5.45. The summed E-state index contributed by atoms with van der Waals surface area (Å²) < 4.78 is 0. The van der Waals surface area contributed by atoms with Crippen molar-refractivity contribution in [3.05, 3.63) is 66.2 Å². The van der Waals surface area contributed by atoms with Gasteiger partial charge < -0.3 is 10.4 Å². The molecule has 0 spiro atoms. The van der Waals surface area contributed by atoms with Gasteiger partial charge in [0.25, 0.3) is 0 Å². The van der Waals surface area contributed by atoms with Crippen LogP contribution in [0.2, 0.25) is 0 Å². The van der Waals surface area contributed by atoms with E-state index in [9.17, 15) is 5.11 Å². The lowest BCUT2D eigenvalue weighted by molar-refractivity contribution is 0.222. The summed E-state index contributed by atoms with van der Waals surface area (Å²) in [5.74, 6) is 0.160. The molecule has 2 heteroatoms. The van der Waals surface area contributed by atoms with Crippen LogP contribution in [-0.4, -0.2) is 11.7 Å². The van der Waals surface area contributed by atoms with E-state index in [1.165, 1.54) is 5.56 Å². The molecule has 0 aliphatic heterocycles. The Labute approximate surface area is 108 Å². The monoisotopic (exact) mass is 241 g/mol. The highest BCUT2D eigenvalue weighted by Crippen LogP contribution is 2.26. The van der Waals surface area contributed by atoms with Gasteiger partial charge in [0.05, 0.1) is 6.04 Å². The third kappa shape index (κ3) is 3.11. The van der Waals surface area contributed by atoms with E-state index in [1.807, 2.05) is 55.5 Å². The van der Waals surface area contributed by atoms with Crippen LogP contribution in [0.3, 0.4) is 0 Å². The predicted octanol–water partition coefficient (Wildman–Crippen LogP) is 3.47. The van der Waals surface area contributed by atoms with Gasteiger partial charge >= 0.3 is 0 Å². The van der Waals surface area contributed by atoms with Crippen LogP contribution in [-0.2, 0) is 0 Å². The Kier molecular flexibility index (Phi) is 4.37. The van der Waals surface area contributed by atoms with Crippen molar-refractivity contribution in [1.82, 2.24) is 0 Å². The van der Waals surface area contributed by atoms with E-state index in [2.05, 4.69) is 17.4 Å². The van der Waals surface area contributed by atoms with Gasteiger partial charge in [0.15, 0.2) is 0 Å². The van der Waals surface area contributed by atoms with E-state index in [0.29, 0.717) is 0 Å². The minimum atomic E-state index is 0.124. The molecule has 0 saturated heterocycles. The summed E-state index contributed by atoms with van der Waals surface area (Å²) in [4.78, 5) is 0. The molecular weight excluding hydrogens is 222 g/mol. The lowest BCUT2D eigenvalue weighted by Gasteiger charge is -2.25. The molecule has 0 amide bonds. The molecule has 94 valence electrons. The highest BCUT2D eigenvalue weighted by Gasteiger charge is 2.18. The van der Waals surface area contributed by atoms with Gasteiger partial charge in [0.2, 0.25) is 0 Å². The maximum atomic E-state index is 9.40. The second-order valence-corrected chi connectivity index (χ2v) is 4.56. The van der Waals surface area contributed by atoms with E-state index in [0.717, 1.165) is 5.69 Å². The van der Waals surface area contributed by atoms with E-state index in [1.54, 1.807) is 0 Å². The molecule has 0 saturated carbocycles. The number of benzene rings is 2. The number of aliphatic hydroxyl groups is 1. The number of hydrogen-bond donors (Lipinski definition) is 2. The Morgan fingerprint density at radius 1 is 0.944 bits per heavy atom. The fraction of sp³-hybridized carbons (Fsp3) is 0.250. The molecule has 2 aromatic rings. The zero-order valence-corrected chi connectivity index (χ0v) is 10.6. The van der Waals surface area contributed by atoms with Gasteiger partial charge in [0.1, 0.15) is 0 Å². The zero-order chi connectivity index (χ0) is 12.8. The standard InChI is InChI=1S/C16H19NO/c1-13(12-18)16(14-8-4-2-5-9-14)17-15-10-6-3-7-11-15/h2-11,13,16-18H,12H2,1H3. The third-order valence-electron chi connectivity index (χ3n) is 3.11. The number of aliphatic hydroxyl groups excluding tert-OH is 1. The van der Waals surface area contributed by atoms with Crippen molar-refractivity contribution in [3.63, 3.8) is 0 Å². The summed E-state index contributed by atoms with van der Waals surface area (Å²) in [5, 5.41) is 12.9. The van der Waals surface area contributed by atoms with E-state index < -0.39 is 0 Å². The third-order valence-corrected chi connectivity index (χ3v) is 3.11. The molecule has 2 N–H and O–H groups in total. The van der Waals surface area contributed by atoms with E-state index in [-0.39, 0.29) is 18.6 Å². The van der Waals surface area contributed by atoms with E-state index in [4.69, 9.17) is 0 Å². The number of anilines is 1. The van der Waals surface area contributed by atoms with Crippen LogP contribution in [0.25, 0.3) is 0 Å². The van der Waals surface area contributed by atoms with Crippen LogP contribution in [0.5, 0.6) is 0 Å². The van der Waals surface area contributed by atoms with Crippen LogP contribution in [0, 0.1) is 5.92 Å². The van der Waals surface area contributed by atoms with Crippen molar-refractivity contribution in [3.8, 4) is 0 Å². The Balaban J connectivity index is 2.21. The van der Waals surface area contributed by atoms with Crippen molar-refractivity contribution >= 4 is 5.69 Å². The van der Waals surface area contributed by atoms with Crippen molar-refractivity contribution < 1.29 is 5.11 Å². The van der Waals surface area contributed by atoms with Crippen molar-refractivity contribution in [2.24, 2.45) is 5.92 Å². The van der Waals surface area contributed by atoms with Gasteiger partial charge in [-0.25, -0.2) is 0 Å². The van der Waals surface area contributed by atoms with Crippen LogP contribution in [0.15, 0.2) is 60.7 Å². The molecule has 2 aromatic carbocycles. The lowest BCUT2D eigenvalue weighted by Crippen LogP contribution is -2.21. The van der Waals surface area contributed by atoms with Gasteiger partial charge in [-0.15, -0.1) is 0 Å². The SMILES string of the molecule is CC(CO)C(Nc1ccccc1)c1ccccc1. The van der Waals surface area contributed by atoms with Crippen LogP contribution >= 0.6 is 0 Å². The normalized spacial score (nSPS) is 13.9. The summed E-state index contributed by atoms with van der Waals surface area (Å²) >= 11 is 0. The molecule has 0 heterocycles. The fourth-order valence-corrected chi connectivity index (χ4v) is 2.03. The highest BCUT2D eigenvalue weighted by atomic mass is 16.3. The second kappa shape index (κ2) is 6.22. The first-order chi connectivity index (χ1) is 8.81. The topological polar surface area (TPSA) is 32.3 Å². The van der Waals surface area contributed by atoms with Gasteiger partial charge in [0, 0.05) is 18.2 Å². The van der Waals surface area contributed by atoms with Gasteiger partial charge in [-0.1, -0.05) is 55.5 Å². The number of rotatable bonds is 5. The fourth-order valence-electron chi connectivity index (χ4n) is 2.03. The number of hydrogen-bond acceptors (Lipinski definition) is 2. The molecule has 0 bridgehead atoms. The first-order valence-corrected chi connectivity index (χ1v) is 6.28. The second-order valence-electron chi connectivity index (χ2n) is 4.56. The van der Waals surface area contributed by atoms with E-state index >= 15 is 0 Å². The van der Waals surface area contributed by atoms with Crippen LogP contribution in [0.1, 0.15) is 18.5 Å². The first kappa shape index (κ1) is 12.7. The van der Waals surface area contributed by atoms with Crippen molar-refractivity contribution in [1.29, 1.82) is 0 Å². The maximum absolute atomic E-state index is 9.40. The zero-order valence-electron chi connectivity index (χ0n) is 10.6. The summed E-state index contributed by atoms with van der Waals surface area (Å²) in [6, 6.07) is 20.5. The Morgan fingerprint density at radius 3 is 2.06 bits per heavy atom. The van der Waals surface area contributed by atoms with Gasteiger partial charge in [-0.2, -0.15) is 0 Å². The van der Waals surface area contributed by atoms with Crippen molar-refractivity contribution in [2.45, 2.75) is 13.0 Å². The first-order valence-electron chi connectivity index (χ1n) is 6.28. The molecule has 2 nitrogen and oxygen atoms in total. The quantitative estimate of drug-likeness (QED) is 0.840. The van der Waals surface area contributed by atoms with Crippen molar-refractivity contribution in [2.75, 3.05) is 11.9 Å². The smallest absolute Gasteiger partial charge is 0.0561 e. The number of para-hydroxylation sites is 1. The predicted molar refractivity (Wildman–Crippen MR) is 75.5 cm³/mol. The Hall–Kier alpha value is -1.80. The molecule has 0 aromatic heterocycles. The molecular formula is C16H19NO. The summed E-state index contributed by atoms with van der Waals surface area (Å²) in [6.07, 6.45) is 0. The molecule has 0 fully saturated rings. The summed E-state index contributed by atoms with van der Waals surface area (Å²) in [7, 11) is 0. The summed E-state index contributed by atoms with van der Waals surface area (Å²) in [6.45, 7) is 2.22. The van der Waals surface area contributed by atoms with Gasteiger partial charge in [-0.3, -0.25) is 0 Å². The minimum absolute atomic E-state index is 0.124. The average molecular weight is 241 g/mol. The number of nitrogens with one attached hydrogen (secondary N) is 1.